The number of rotatable bonds is 12. The quantitative estimate of drug-likeness (QED) is 0.0832. The van der Waals surface area contributed by atoms with Crippen LogP contribution in [0.15, 0.2) is 91.7 Å². The highest BCUT2D eigenvalue weighted by Gasteiger charge is 2.54. The van der Waals surface area contributed by atoms with Crippen molar-refractivity contribution in [2.45, 2.75) is 96.6 Å². The highest BCUT2D eigenvalue weighted by molar-refractivity contribution is 6.01. The topological polar surface area (TPSA) is 102 Å². The molecule has 2 aromatic carbocycles. The summed E-state index contributed by atoms with van der Waals surface area (Å²) in [5.74, 6) is 0.681. The summed E-state index contributed by atoms with van der Waals surface area (Å²) in [6, 6.07) is 12.5. The number of fused-ring (bicyclic) bond motifs is 3. The molecule has 7 rings (SSSR count). The third-order valence-corrected chi connectivity index (χ3v) is 9.61. The van der Waals surface area contributed by atoms with Gasteiger partial charge in [-0.2, -0.15) is 0 Å². The molecule has 3 unspecified atom stereocenters. The van der Waals surface area contributed by atoms with Crippen LogP contribution in [-0.4, -0.2) is 42.6 Å². The Morgan fingerprint density at radius 3 is 2.24 bits per heavy atom. The summed E-state index contributed by atoms with van der Waals surface area (Å²) in [4.78, 5) is 11.8. The van der Waals surface area contributed by atoms with Gasteiger partial charge in [-0.1, -0.05) is 11.1 Å². The highest BCUT2D eigenvalue weighted by atomic mass is 16.9. The first kappa shape index (κ1) is 33.2. The average Bonchev–Trinajstić information content (AvgIpc) is 3.31. The fourth-order valence-electron chi connectivity index (χ4n) is 6.50. The monoisotopic (exact) mass is 668 g/mol. The van der Waals surface area contributed by atoms with Gasteiger partial charge in [0.25, 0.3) is 0 Å². The molecule has 3 atom stereocenters. The minimum Gasteiger partial charge on any atom is -0.489 e. The maximum absolute atomic E-state index is 11.8. The molecular formula is C40H44O9. The van der Waals surface area contributed by atoms with Crippen LogP contribution in [0.4, 0.5) is 0 Å². The fraction of sp³-hybridized carbons (Fsp3) is 0.425. The molecule has 2 aromatic heterocycles. The molecule has 3 aliphatic rings. The molecule has 0 radical (unpaired) electrons. The minimum absolute atomic E-state index is 0.0251. The predicted octanol–water partition coefficient (Wildman–Crippen LogP) is 8.88. The van der Waals surface area contributed by atoms with Crippen molar-refractivity contribution in [2.75, 3.05) is 13.2 Å². The van der Waals surface area contributed by atoms with Crippen LogP contribution in [0.5, 0.6) is 17.2 Å². The predicted molar refractivity (Wildman–Crippen MR) is 187 cm³/mol. The normalized spacial score (nSPS) is 24.0. The van der Waals surface area contributed by atoms with Gasteiger partial charge < -0.3 is 37.3 Å². The van der Waals surface area contributed by atoms with Crippen LogP contribution in [0.2, 0.25) is 0 Å². The van der Waals surface area contributed by atoms with Gasteiger partial charge in [0.05, 0.1) is 40.4 Å². The van der Waals surface area contributed by atoms with Crippen molar-refractivity contribution in [3.8, 4) is 17.2 Å². The molecule has 0 amide bonds. The molecular weight excluding hydrogens is 624 g/mol. The van der Waals surface area contributed by atoms with E-state index in [9.17, 15) is 4.79 Å². The molecule has 5 heterocycles. The number of allylic oxidation sites excluding steroid dienone is 2. The van der Waals surface area contributed by atoms with E-state index in [1.54, 1.807) is 18.4 Å². The smallest absolute Gasteiger partial charge is 0.350 e. The lowest BCUT2D eigenvalue weighted by Crippen LogP contribution is -2.38. The van der Waals surface area contributed by atoms with Crippen LogP contribution >= 0.6 is 0 Å². The Bertz CT molecular complexity index is 2010. The zero-order chi connectivity index (χ0) is 34.4. The van der Waals surface area contributed by atoms with Crippen LogP contribution in [0.25, 0.3) is 28.0 Å². The Morgan fingerprint density at radius 2 is 1.51 bits per heavy atom. The van der Waals surface area contributed by atoms with E-state index in [0.717, 1.165) is 53.3 Å². The van der Waals surface area contributed by atoms with E-state index in [4.69, 9.17) is 37.3 Å². The van der Waals surface area contributed by atoms with Crippen LogP contribution in [0, 0.1) is 0 Å². The van der Waals surface area contributed by atoms with Gasteiger partial charge in [-0.25, -0.2) is 4.79 Å². The van der Waals surface area contributed by atoms with Crippen LogP contribution in [0.1, 0.15) is 72.8 Å². The Hall–Kier alpha value is -4.31. The Labute approximate surface area is 286 Å². The molecule has 0 N–H and O–H groups in total. The second kappa shape index (κ2) is 12.9. The van der Waals surface area contributed by atoms with Crippen LogP contribution in [0.3, 0.4) is 0 Å². The van der Waals surface area contributed by atoms with E-state index in [1.807, 2.05) is 50.3 Å². The molecule has 0 saturated carbocycles. The summed E-state index contributed by atoms with van der Waals surface area (Å²) >= 11 is 0. The van der Waals surface area contributed by atoms with Gasteiger partial charge in [0, 0.05) is 29.8 Å². The number of hydrogen-bond donors (Lipinski definition) is 0. The molecule has 3 aliphatic heterocycles. The standard InChI is InChI=1S/C40H44O9/c1-25(7-12-34-38(3,4)47-34)16-20-42-28-10-9-27-15-19-40(46-31(27)23-28)48-35(39(5,6)49-40)13-8-26(2)17-21-44-37-29-11-14-36(41)45-33(29)24-32-30(37)18-22-43-32/h9-11,14-19,22-24,34-35H,7-8,12-13,20-21H2,1-6H3/b25-16+,26-17+. The van der Waals surface area contributed by atoms with Crippen molar-refractivity contribution in [2.24, 2.45) is 0 Å². The molecule has 0 aliphatic carbocycles. The largest absolute Gasteiger partial charge is 0.489 e. The number of hydrogen-bond acceptors (Lipinski definition) is 9. The van der Waals surface area contributed by atoms with Gasteiger partial charge in [-0.3, -0.25) is 0 Å². The van der Waals surface area contributed by atoms with Gasteiger partial charge in [0.1, 0.15) is 41.6 Å². The van der Waals surface area contributed by atoms with E-state index in [2.05, 4.69) is 39.8 Å². The molecule has 9 heteroatoms. The van der Waals surface area contributed by atoms with Crippen molar-refractivity contribution in [3.63, 3.8) is 0 Å². The first-order chi connectivity index (χ1) is 23.4. The summed E-state index contributed by atoms with van der Waals surface area (Å²) in [5, 5.41) is 1.54. The van der Waals surface area contributed by atoms with Gasteiger partial charge in [0.15, 0.2) is 0 Å². The van der Waals surface area contributed by atoms with Crippen molar-refractivity contribution in [1.82, 2.24) is 0 Å². The second-order valence-electron chi connectivity index (χ2n) is 14.3. The second-order valence-corrected chi connectivity index (χ2v) is 14.3. The molecule has 1 spiro atoms. The Balaban J connectivity index is 0.939. The van der Waals surface area contributed by atoms with E-state index >= 15 is 0 Å². The highest BCUT2D eigenvalue weighted by Crippen LogP contribution is 2.45. The first-order valence-corrected chi connectivity index (χ1v) is 17.0. The van der Waals surface area contributed by atoms with E-state index in [-0.39, 0.29) is 11.7 Å². The third-order valence-electron chi connectivity index (χ3n) is 9.61. The van der Waals surface area contributed by atoms with Gasteiger partial charge in [-0.15, -0.1) is 0 Å². The molecule has 258 valence electrons. The lowest BCUT2D eigenvalue weighted by molar-refractivity contribution is -0.270. The molecule has 49 heavy (non-hydrogen) atoms. The van der Waals surface area contributed by atoms with Crippen molar-refractivity contribution in [1.29, 1.82) is 0 Å². The lowest BCUT2D eigenvalue weighted by atomic mass is 9.96. The summed E-state index contributed by atoms with van der Waals surface area (Å²) in [6.45, 7) is 13.4. The van der Waals surface area contributed by atoms with Crippen LogP contribution < -0.4 is 19.8 Å². The molecule has 4 aromatic rings. The van der Waals surface area contributed by atoms with E-state index < -0.39 is 17.2 Å². The third kappa shape index (κ3) is 7.20. The minimum atomic E-state index is -1.31. The zero-order valence-electron chi connectivity index (χ0n) is 29.0. The lowest BCUT2D eigenvalue weighted by Gasteiger charge is -2.30. The molecule has 2 saturated heterocycles. The fourth-order valence-corrected chi connectivity index (χ4v) is 6.50. The van der Waals surface area contributed by atoms with Gasteiger partial charge >= 0.3 is 11.6 Å². The summed E-state index contributed by atoms with van der Waals surface area (Å²) in [7, 11) is 0. The maximum Gasteiger partial charge on any atom is 0.350 e. The number of ether oxygens (including phenoxy) is 6. The summed E-state index contributed by atoms with van der Waals surface area (Å²) in [5.41, 5.74) is 3.41. The summed E-state index contributed by atoms with van der Waals surface area (Å²) in [6.07, 6.45) is 13.3. The van der Waals surface area contributed by atoms with Gasteiger partial charge in [-0.05, 0) is 110 Å². The van der Waals surface area contributed by atoms with Gasteiger partial charge in [0.2, 0.25) is 0 Å². The number of furan rings is 1. The number of epoxide rings is 1. The molecule has 9 nitrogen and oxygen atoms in total. The van der Waals surface area contributed by atoms with E-state index in [0.29, 0.717) is 42.0 Å². The first-order valence-electron chi connectivity index (χ1n) is 17.0. The van der Waals surface area contributed by atoms with E-state index in [1.165, 1.54) is 11.6 Å². The van der Waals surface area contributed by atoms with Crippen molar-refractivity contribution < 1.29 is 37.3 Å². The molecule has 0 bridgehead atoms. The Morgan fingerprint density at radius 1 is 0.816 bits per heavy atom. The average molecular weight is 669 g/mol. The SMILES string of the molecule is C/C(=C\COc1ccc2c(c1)OC1(C=C2)OC(CC/C(C)=C/COc2c3ccoc3cc3oc(=O)ccc23)C(C)(C)O1)CCC1OC1(C)C. The summed E-state index contributed by atoms with van der Waals surface area (Å²) < 4.78 is 48.2. The molecule has 2 fully saturated rings. The van der Waals surface area contributed by atoms with Crippen molar-refractivity contribution in [3.05, 3.63) is 94.1 Å². The number of benzene rings is 2. The van der Waals surface area contributed by atoms with Crippen molar-refractivity contribution >= 4 is 28.0 Å². The maximum atomic E-state index is 11.8. The van der Waals surface area contributed by atoms with Crippen LogP contribution in [-0.2, 0) is 14.2 Å². The zero-order valence-corrected chi connectivity index (χ0v) is 29.0. The Kier molecular flexibility index (Phi) is 8.71.